The fraction of sp³-hybridized carbons (Fsp3) is 0.267. The van der Waals surface area contributed by atoms with E-state index in [2.05, 4.69) is 4.98 Å². The molecule has 0 aliphatic carbocycles. The van der Waals surface area contributed by atoms with Gasteiger partial charge in [0.2, 0.25) is 0 Å². The normalized spacial score (nSPS) is 14.8. The SMILES string of the molecule is O=C(c1c[nH]c(=O)c(Cl)c1)N1CCN(C(=O)c2ccco2)CC1. The van der Waals surface area contributed by atoms with Gasteiger partial charge in [-0.1, -0.05) is 11.6 Å². The molecule has 7 nitrogen and oxygen atoms in total. The van der Waals surface area contributed by atoms with Crippen LogP contribution in [0.1, 0.15) is 20.9 Å². The highest BCUT2D eigenvalue weighted by Gasteiger charge is 2.26. The van der Waals surface area contributed by atoms with E-state index in [0.717, 1.165) is 0 Å². The van der Waals surface area contributed by atoms with E-state index in [1.165, 1.54) is 18.5 Å². The number of amides is 2. The van der Waals surface area contributed by atoms with Gasteiger partial charge in [0.15, 0.2) is 5.76 Å². The van der Waals surface area contributed by atoms with Crippen LogP contribution in [0.2, 0.25) is 5.02 Å². The van der Waals surface area contributed by atoms with E-state index in [0.29, 0.717) is 31.7 Å². The molecular formula is C15H14ClN3O4. The van der Waals surface area contributed by atoms with Crippen molar-refractivity contribution in [1.82, 2.24) is 14.8 Å². The van der Waals surface area contributed by atoms with Crippen LogP contribution >= 0.6 is 11.6 Å². The molecule has 0 radical (unpaired) electrons. The number of H-pyrrole nitrogens is 1. The highest BCUT2D eigenvalue weighted by Crippen LogP contribution is 2.13. The molecule has 1 aliphatic rings. The van der Waals surface area contributed by atoms with Crippen molar-refractivity contribution in [2.75, 3.05) is 26.2 Å². The Morgan fingerprint density at radius 2 is 1.78 bits per heavy atom. The van der Waals surface area contributed by atoms with E-state index >= 15 is 0 Å². The lowest BCUT2D eigenvalue weighted by Crippen LogP contribution is -2.50. The second kappa shape index (κ2) is 6.29. The lowest BCUT2D eigenvalue weighted by atomic mass is 10.2. The Kier molecular flexibility index (Phi) is 4.20. The van der Waals surface area contributed by atoms with Crippen molar-refractivity contribution in [2.24, 2.45) is 0 Å². The summed E-state index contributed by atoms with van der Waals surface area (Å²) >= 11 is 5.74. The minimum absolute atomic E-state index is 0.0255. The second-order valence-electron chi connectivity index (χ2n) is 5.13. The maximum Gasteiger partial charge on any atom is 0.289 e. The molecule has 1 N–H and O–H groups in total. The number of aromatic amines is 1. The van der Waals surface area contributed by atoms with Crippen LogP contribution < -0.4 is 5.56 Å². The van der Waals surface area contributed by atoms with Crippen molar-refractivity contribution >= 4 is 23.4 Å². The number of furan rings is 1. The molecule has 0 aromatic carbocycles. The molecule has 3 rings (SSSR count). The van der Waals surface area contributed by atoms with Crippen molar-refractivity contribution in [1.29, 1.82) is 0 Å². The molecule has 0 unspecified atom stereocenters. The fourth-order valence-electron chi connectivity index (χ4n) is 2.43. The number of nitrogens with one attached hydrogen (secondary N) is 1. The van der Waals surface area contributed by atoms with Gasteiger partial charge in [-0.25, -0.2) is 0 Å². The Bertz CT molecular complexity index is 776. The van der Waals surface area contributed by atoms with Crippen molar-refractivity contribution < 1.29 is 14.0 Å². The third kappa shape index (κ3) is 3.14. The molecule has 23 heavy (non-hydrogen) atoms. The predicted molar refractivity (Wildman–Crippen MR) is 82.6 cm³/mol. The summed E-state index contributed by atoms with van der Waals surface area (Å²) in [5.74, 6) is -0.125. The second-order valence-corrected chi connectivity index (χ2v) is 5.53. The van der Waals surface area contributed by atoms with Gasteiger partial charge in [-0.3, -0.25) is 14.4 Å². The standard InChI is InChI=1S/C15H14ClN3O4/c16-11-8-10(9-17-13(11)20)14(21)18-3-5-19(6-4-18)15(22)12-2-1-7-23-12/h1-2,7-9H,3-6H2,(H,17,20). The molecule has 120 valence electrons. The van der Waals surface area contributed by atoms with Gasteiger partial charge in [-0.2, -0.15) is 0 Å². The van der Waals surface area contributed by atoms with Gasteiger partial charge < -0.3 is 19.2 Å². The van der Waals surface area contributed by atoms with Gasteiger partial charge >= 0.3 is 0 Å². The molecule has 3 heterocycles. The number of hydrogen-bond donors (Lipinski definition) is 1. The first-order valence-corrected chi connectivity index (χ1v) is 7.44. The highest BCUT2D eigenvalue weighted by atomic mass is 35.5. The lowest BCUT2D eigenvalue weighted by Gasteiger charge is -2.34. The van der Waals surface area contributed by atoms with Crippen LogP contribution in [0.4, 0.5) is 0 Å². The number of carbonyl (C=O) groups is 2. The van der Waals surface area contributed by atoms with Gasteiger partial charge in [-0.15, -0.1) is 0 Å². The average molecular weight is 336 g/mol. The lowest BCUT2D eigenvalue weighted by molar-refractivity contribution is 0.0518. The minimum Gasteiger partial charge on any atom is -0.459 e. The first kappa shape index (κ1) is 15.4. The molecule has 1 aliphatic heterocycles. The minimum atomic E-state index is -0.433. The zero-order valence-electron chi connectivity index (χ0n) is 12.1. The monoisotopic (exact) mass is 335 g/mol. The summed E-state index contributed by atoms with van der Waals surface area (Å²) in [6.45, 7) is 1.65. The molecular weight excluding hydrogens is 322 g/mol. The van der Waals surface area contributed by atoms with Gasteiger partial charge in [-0.05, 0) is 18.2 Å². The third-order valence-corrected chi connectivity index (χ3v) is 3.97. The first-order valence-electron chi connectivity index (χ1n) is 7.06. The Morgan fingerprint density at radius 1 is 1.13 bits per heavy atom. The third-order valence-electron chi connectivity index (χ3n) is 3.69. The Hall–Kier alpha value is -2.54. The van der Waals surface area contributed by atoms with Crippen LogP contribution in [0.5, 0.6) is 0 Å². The Morgan fingerprint density at radius 3 is 2.35 bits per heavy atom. The van der Waals surface area contributed by atoms with Gasteiger partial charge in [0, 0.05) is 32.4 Å². The van der Waals surface area contributed by atoms with Crippen LogP contribution in [-0.2, 0) is 0 Å². The summed E-state index contributed by atoms with van der Waals surface area (Å²) < 4.78 is 5.10. The number of aromatic nitrogens is 1. The predicted octanol–water partition coefficient (Wildman–Crippen LogP) is 1.22. The number of carbonyl (C=O) groups excluding carboxylic acids is 2. The van der Waals surface area contributed by atoms with Gasteiger partial charge in [0.05, 0.1) is 11.8 Å². The molecule has 0 saturated carbocycles. The fourth-order valence-corrected chi connectivity index (χ4v) is 2.60. The van der Waals surface area contributed by atoms with Crippen molar-refractivity contribution in [2.45, 2.75) is 0 Å². The maximum absolute atomic E-state index is 12.4. The van der Waals surface area contributed by atoms with Crippen molar-refractivity contribution in [3.63, 3.8) is 0 Å². The molecule has 0 bridgehead atoms. The van der Waals surface area contributed by atoms with Crippen LogP contribution in [0.25, 0.3) is 0 Å². The molecule has 1 fully saturated rings. The van der Waals surface area contributed by atoms with E-state index in [-0.39, 0.29) is 22.6 Å². The van der Waals surface area contributed by atoms with E-state index in [1.807, 2.05) is 0 Å². The van der Waals surface area contributed by atoms with Gasteiger partial charge in [0.25, 0.3) is 17.4 Å². The number of piperazine rings is 1. The maximum atomic E-state index is 12.4. The number of pyridine rings is 1. The Balaban J connectivity index is 1.64. The summed E-state index contributed by atoms with van der Waals surface area (Å²) in [6, 6.07) is 4.62. The smallest absolute Gasteiger partial charge is 0.289 e. The van der Waals surface area contributed by atoms with Crippen LogP contribution in [-0.4, -0.2) is 52.8 Å². The summed E-state index contributed by atoms with van der Waals surface area (Å²) in [6.07, 6.45) is 2.80. The number of halogens is 1. The molecule has 2 aromatic rings. The molecule has 1 saturated heterocycles. The van der Waals surface area contributed by atoms with Crippen molar-refractivity contribution in [3.8, 4) is 0 Å². The molecule has 0 atom stereocenters. The largest absolute Gasteiger partial charge is 0.459 e. The molecule has 2 amide bonds. The van der Waals surface area contributed by atoms with E-state index in [1.54, 1.807) is 21.9 Å². The summed E-state index contributed by atoms with van der Waals surface area (Å²) in [5.41, 5.74) is -0.113. The summed E-state index contributed by atoms with van der Waals surface area (Å²) in [7, 11) is 0. The number of nitrogens with zero attached hydrogens (tertiary/aromatic N) is 2. The van der Waals surface area contributed by atoms with Crippen molar-refractivity contribution in [3.05, 3.63) is 57.4 Å². The molecule has 8 heteroatoms. The Labute approximate surface area is 136 Å². The number of hydrogen-bond acceptors (Lipinski definition) is 4. The topological polar surface area (TPSA) is 86.6 Å². The first-order chi connectivity index (χ1) is 11.1. The van der Waals surface area contributed by atoms with Gasteiger partial charge in [0.1, 0.15) is 5.02 Å². The van der Waals surface area contributed by atoms with Crippen LogP contribution in [0.15, 0.2) is 39.9 Å². The number of rotatable bonds is 2. The molecule has 2 aromatic heterocycles. The summed E-state index contributed by atoms with van der Waals surface area (Å²) in [4.78, 5) is 41.5. The average Bonchev–Trinajstić information content (AvgIpc) is 3.11. The zero-order chi connectivity index (χ0) is 16.4. The van der Waals surface area contributed by atoms with E-state index in [4.69, 9.17) is 16.0 Å². The van der Waals surface area contributed by atoms with Crippen LogP contribution in [0.3, 0.4) is 0 Å². The van der Waals surface area contributed by atoms with E-state index in [9.17, 15) is 14.4 Å². The highest BCUT2D eigenvalue weighted by molar-refractivity contribution is 6.30. The zero-order valence-corrected chi connectivity index (χ0v) is 12.9. The summed E-state index contributed by atoms with van der Waals surface area (Å²) in [5, 5.41) is -0.0255. The quantitative estimate of drug-likeness (QED) is 0.894. The van der Waals surface area contributed by atoms with Crippen LogP contribution in [0, 0.1) is 0 Å². The molecule has 0 spiro atoms. The van der Waals surface area contributed by atoms with E-state index < -0.39 is 5.56 Å².